The van der Waals surface area contributed by atoms with Gasteiger partial charge >= 0.3 is 11.9 Å². The normalized spacial score (nSPS) is 33.0. The smallest absolute Gasteiger partial charge is 0.306 e. The topological polar surface area (TPSA) is 181 Å². The van der Waals surface area contributed by atoms with E-state index in [1.807, 2.05) is 42.5 Å². The molecule has 1 amide bonds. The number of allylic oxidation sites excluding steroid dienone is 4. The molecule has 0 bridgehead atoms. The summed E-state index contributed by atoms with van der Waals surface area (Å²) >= 11 is 0. The van der Waals surface area contributed by atoms with E-state index in [1.165, 1.54) is 19.1 Å². The van der Waals surface area contributed by atoms with Crippen molar-refractivity contribution in [2.75, 3.05) is 18.5 Å². The maximum absolute atomic E-state index is 17.7. The Bertz CT molecular complexity index is 2400. The molecule has 1 heterocycles. The van der Waals surface area contributed by atoms with Gasteiger partial charge in [0.05, 0.1) is 31.0 Å². The Balaban J connectivity index is 0.863. The zero-order chi connectivity index (χ0) is 45.1. The number of nitrogens with one attached hydrogen (secondary N) is 1. The third kappa shape index (κ3) is 7.52. The molecule has 4 aliphatic carbocycles. The van der Waals surface area contributed by atoms with Gasteiger partial charge in [-0.25, -0.2) is 8.78 Å². The number of alkyl halides is 2. The van der Waals surface area contributed by atoms with Crippen molar-refractivity contribution in [2.24, 2.45) is 28.4 Å². The van der Waals surface area contributed by atoms with Crippen LogP contribution in [0.3, 0.4) is 0 Å². The van der Waals surface area contributed by atoms with Crippen LogP contribution in [0.1, 0.15) is 83.3 Å². The zero-order valence-corrected chi connectivity index (χ0v) is 35.9. The molecule has 63 heavy (non-hydrogen) atoms. The zero-order valence-electron chi connectivity index (χ0n) is 35.9. The number of nitrogens with two attached hydrogens (primary N) is 1. The Morgan fingerprint density at radius 2 is 1.63 bits per heavy atom. The fourth-order valence-corrected chi connectivity index (χ4v) is 11.5. The second kappa shape index (κ2) is 16.4. The van der Waals surface area contributed by atoms with Crippen molar-refractivity contribution in [3.8, 4) is 0 Å². The summed E-state index contributed by atoms with van der Waals surface area (Å²) in [5, 5.41) is 16.8. The molecule has 334 valence electrons. The third-order valence-corrected chi connectivity index (χ3v) is 14.5. The molecule has 3 saturated carbocycles. The largest absolute Gasteiger partial charge is 0.461 e. The molecule has 3 aromatic rings. The average Bonchev–Trinajstić information content (AvgIpc) is 3.67. The molecule has 1 aliphatic heterocycles. The second-order valence-corrected chi connectivity index (χ2v) is 18.6. The fraction of sp³-hybridized carbons (Fsp3) is 0.490. The first-order chi connectivity index (χ1) is 29.8. The number of halogens is 2. The lowest BCUT2D eigenvalue weighted by atomic mass is 9.44. The molecule has 5 aliphatic rings. The number of carbonyl (C=O) groups is 5. The molecular formula is C49H54F2N2O10. The van der Waals surface area contributed by atoms with E-state index in [1.54, 1.807) is 45.0 Å². The van der Waals surface area contributed by atoms with Gasteiger partial charge in [0, 0.05) is 22.4 Å². The monoisotopic (exact) mass is 868 g/mol. The Kier molecular flexibility index (Phi) is 11.6. The minimum atomic E-state index is -2.36. The van der Waals surface area contributed by atoms with Gasteiger partial charge in [-0.15, -0.1) is 0 Å². The molecule has 8 rings (SSSR count). The summed E-state index contributed by atoms with van der Waals surface area (Å²) in [5.74, 6) is -6.34. The summed E-state index contributed by atoms with van der Waals surface area (Å²) < 4.78 is 57.2. The molecule has 0 aromatic heterocycles. The van der Waals surface area contributed by atoms with Crippen molar-refractivity contribution in [1.29, 1.82) is 0 Å². The van der Waals surface area contributed by atoms with Crippen LogP contribution in [-0.2, 0) is 49.5 Å². The Hall–Kier alpha value is -5.15. The maximum atomic E-state index is 17.7. The molecule has 0 spiro atoms. The number of anilines is 1. The molecule has 0 radical (unpaired) electrons. The van der Waals surface area contributed by atoms with Crippen LogP contribution in [0.15, 0.2) is 90.5 Å². The van der Waals surface area contributed by atoms with Crippen LogP contribution in [0.4, 0.5) is 14.5 Å². The third-order valence-electron chi connectivity index (χ3n) is 14.5. The lowest BCUT2D eigenvalue weighted by molar-refractivity contribution is -0.249. The number of ether oxygens (including phenoxy) is 4. The van der Waals surface area contributed by atoms with E-state index in [4.69, 9.17) is 24.7 Å². The highest BCUT2D eigenvalue weighted by Gasteiger charge is 2.80. The van der Waals surface area contributed by atoms with Gasteiger partial charge in [0.25, 0.3) is 0 Å². The number of ketones is 2. The number of aliphatic hydroxyl groups is 1. The van der Waals surface area contributed by atoms with E-state index in [0.29, 0.717) is 24.2 Å². The lowest BCUT2D eigenvalue weighted by Gasteiger charge is -2.63. The molecule has 3 aromatic carbocycles. The van der Waals surface area contributed by atoms with Crippen molar-refractivity contribution < 1.29 is 56.8 Å². The minimum Gasteiger partial charge on any atom is -0.461 e. The summed E-state index contributed by atoms with van der Waals surface area (Å²) in [6, 6.07) is 20.7. The van der Waals surface area contributed by atoms with Gasteiger partial charge in [0.2, 0.25) is 11.7 Å². The summed E-state index contributed by atoms with van der Waals surface area (Å²) in [5.41, 5.74) is 0.935. The number of fused-ring (bicyclic) bond motifs is 8. The van der Waals surface area contributed by atoms with Gasteiger partial charge in [-0.3, -0.25) is 24.0 Å². The van der Waals surface area contributed by atoms with E-state index in [9.17, 15) is 29.1 Å². The predicted octanol–water partition coefficient (Wildman–Crippen LogP) is 6.67. The molecule has 12 nitrogen and oxygen atoms in total. The van der Waals surface area contributed by atoms with Crippen LogP contribution >= 0.6 is 0 Å². The van der Waals surface area contributed by atoms with Gasteiger partial charge in [-0.1, -0.05) is 67.6 Å². The molecule has 1 unspecified atom stereocenters. The summed E-state index contributed by atoms with van der Waals surface area (Å²) in [7, 11) is 0. The molecule has 4 fully saturated rings. The van der Waals surface area contributed by atoms with Gasteiger partial charge in [0.1, 0.15) is 12.8 Å². The predicted molar refractivity (Wildman–Crippen MR) is 227 cm³/mol. The van der Waals surface area contributed by atoms with Crippen molar-refractivity contribution >= 4 is 45.9 Å². The number of benzene rings is 3. The van der Waals surface area contributed by atoms with Crippen LogP contribution < -0.4 is 11.1 Å². The summed E-state index contributed by atoms with van der Waals surface area (Å²) in [6.07, 6.45) is -1.30. The van der Waals surface area contributed by atoms with Gasteiger partial charge in [0.15, 0.2) is 29.4 Å². The number of hydrogen-bond acceptors (Lipinski definition) is 11. The van der Waals surface area contributed by atoms with Gasteiger partial charge < -0.3 is 35.1 Å². The number of esters is 2. The van der Waals surface area contributed by atoms with Crippen LogP contribution in [0.5, 0.6) is 0 Å². The van der Waals surface area contributed by atoms with E-state index in [2.05, 4.69) is 5.32 Å². The van der Waals surface area contributed by atoms with Crippen LogP contribution in [0.25, 0.3) is 10.8 Å². The van der Waals surface area contributed by atoms with Crippen LogP contribution in [-0.4, -0.2) is 83.1 Å². The van der Waals surface area contributed by atoms with E-state index in [0.717, 1.165) is 22.4 Å². The molecule has 10 atom stereocenters. The van der Waals surface area contributed by atoms with Gasteiger partial charge in [-0.05, 0) is 111 Å². The fourth-order valence-electron chi connectivity index (χ4n) is 11.5. The quantitative estimate of drug-likeness (QED) is 0.156. The van der Waals surface area contributed by atoms with Crippen LogP contribution in [0.2, 0.25) is 0 Å². The highest BCUT2D eigenvalue weighted by Crippen LogP contribution is 2.72. The van der Waals surface area contributed by atoms with Crippen molar-refractivity contribution in [3.05, 3.63) is 102 Å². The summed E-state index contributed by atoms with van der Waals surface area (Å²) in [6.45, 7) is 5.95. The number of Topliss-reactive ketones (excluding diaryl/α,β-unsaturated/α-hetero) is 1. The first kappa shape index (κ1) is 44.5. The second-order valence-electron chi connectivity index (χ2n) is 18.6. The number of rotatable bonds is 13. The molecular weight excluding hydrogens is 815 g/mol. The number of aliphatic hydroxyl groups excluding tert-OH is 1. The van der Waals surface area contributed by atoms with Crippen molar-refractivity contribution in [1.82, 2.24) is 0 Å². The van der Waals surface area contributed by atoms with Gasteiger partial charge in [-0.2, -0.15) is 0 Å². The SMILES string of the molecule is CC1(C)O[C@@H]2C[C@H]3[C@@H]4C[C@H](F)C5=CC(=O)C=C[C@]5(C)[C@@]4(F)[C@@H](O)C[C@]3(C)[C@]2(C(=O)COC(=O)CCC(=O)OCc2ccc(C(CCN)C(=O)Nc3ccc4ccccc4c3)cc2)O1. The number of carbonyl (C=O) groups excluding carboxylic acids is 5. The standard InChI is InChI=1S/C49H54F2N2O10/c1-45(2)62-41-24-35-36-23-38(50)37-22-33(54)17-19-46(37,3)48(36,51)39(55)25-47(35,4)49(41,63-45)40(56)27-61-43(58)16-15-42(57)60-26-28-9-11-30(12-10-28)34(18-20-52)44(59)53-32-14-13-29-7-5-6-8-31(29)21-32/h5-14,17,19,21-22,34-36,38-39,41,55H,15-16,18,20,23-27,52H2,1-4H3,(H,53,59)/t34?,35-,36-,38-,39-,41+,46-,47-,48-,49+/m0/s1. The highest BCUT2D eigenvalue weighted by atomic mass is 19.1. The maximum Gasteiger partial charge on any atom is 0.306 e. The van der Waals surface area contributed by atoms with E-state index < -0.39 is 94.1 Å². The Morgan fingerprint density at radius 1 is 0.937 bits per heavy atom. The highest BCUT2D eigenvalue weighted by molar-refractivity contribution is 6.01. The number of hydrogen-bond donors (Lipinski definition) is 3. The first-order valence-electron chi connectivity index (χ1n) is 21.6. The van der Waals surface area contributed by atoms with E-state index in [-0.39, 0.29) is 50.2 Å². The molecule has 1 saturated heterocycles. The lowest BCUT2D eigenvalue weighted by Crippen LogP contribution is -2.71. The van der Waals surface area contributed by atoms with Crippen molar-refractivity contribution in [3.63, 3.8) is 0 Å². The minimum absolute atomic E-state index is 0.00758. The molecule has 4 N–H and O–H groups in total. The van der Waals surface area contributed by atoms with Crippen molar-refractivity contribution in [2.45, 2.75) is 114 Å². The average molecular weight is 869 g/mol. The van der Waals surface area contributed by atoms with Crippen LogP contribution in [0, 0.1) is 22.7 Å². The Labute approximate surface area is 364 Å². The summed E-state index contributed by atoms with van der Waals surface area (Å²) in [4.78, 5) is 65.6. The van der Waals surface area contributed by atoms with E-state index >= 15 is 8.78 Å². The first-order valence-corrected chi connectivity index (χ1v) is 21.6. The Morgan fingerprint density at radius 3 is 2.35 bits per heavy atom. The number of amides is 1. The molecule has 14 heteroatoms.